The van der Waals surface area contributed by atoms with Gasteiger partial charge in [-0.1, -0.05) is 24.3 Å². The Morgan fingerprint density at radius 3 is 2.17 bits per heavy atom. The smallest absolute Gasteiger partial charge is 0.00925 e. The lowest BCUT2D eigenvalue weighted by molar-refractivity contribution is 1.73. The summed E-state index contributed by atoms with van der Waals surface area (Å²) in [5.41, 5.74) is 0. The first-order valence-corrected chi connectivity index (χ1v) is 1.91. The average Bonchev–Trinajstić information content (AvgIpc) is 1.61. The molecule has 0 fully saturated rings. The van der Waals surface area contributed by atoms with E-state index in [0.717, 1.165) is 0 Å². The summed E-state index contributed by atoms with van der Waals surface area (Å²) in [7, 11) is 0. The van der Waals surface area contributed by atoms with Crippen molar-refractivity contribution in [2.75, 3.05) is 0 Å². The van der Waals surface area contributed by atoms with Crippen LogP contribution in [-0.2, 0) is 0 Å². The lowest BCUT2D eigenvalue weighted by Gasteiger charge is -1.62. The quantitative estimate of drug-likeness (QED) is 0.421. The standard InChI is InChI=1S/C6H8/c1-3-5-6-4-2/h1,3-6H,2H3. The van der Waals surface area contributed by atoms with Crippen molar-refractivity contribution in [1.29, 1.82) is 0 Å². The summed E-state index contributed by atoms with van der Waals surface area (Å²) in [6, 6.07) is 0. The van der Waals surface area contributed by atoms with Gasteiger partial charge in [0.15, 0.2) is 0 Å². The van der Waals surface area contributed by atoms with Gasteiger partial charge in [-0.25, -0.2) is 0 Å². The third kappa shape index (κ3) is 3.48. The first kappa shape index (κ1) is 5.48. The third-order valence-electron chi connectivity index (χ3n) is 0.415. The first-order chi connectivity index (χ1) is 2.91. The Morgan fingerprint density at radius 2 is 2.00 bits per heavy atom. The van der Waals surface area contributed by atoms with Crippen molar-refractivity contribution in [2.24, 2.45) is 0 Å². The SMILES string of the molecule is [CH]C=CC=CC. The van der Waals surface area contributed by atoms with E-state index in [-0.39, 0.29) is 0 Å². The van der Waals surface area contributed by atoms with Crippen LogP contribution in [0.15, 0.2) is 24.3 Å². The van der Waals surface area contributed by atoms with Crippen molar-refractivity contribution in [2.45, 2.75) is 6.92 Å². The minimum Gasteiger partial charge on any atom is -0.0877 e. The van der Waals surface area contributed by atoms with E-state index in [0.29, 0.717) is 0 Å². The van der Waals surface area contributed by atoms with Crippen molar-refractivity contribution >= 4 is 0 Å². The highest BCUT2D eigenvalue weighted by Crippen LogP contribution is 1.70. The Balaban J connectivity index is 3.07. The zero-order chi connectivity index (χ0) is 4.83. The predicted octanol–water partition coefficient (Wildman–Crippen LogP) is 1.83. The molecular weight excluding hydrogens is 72.1 g/mol. The Bertz CT molecular complexity index is 48.4. The van der Waals surface area contributed by atoms with Gasteiger partial charge in [0.05, 0.1) is 0 Å². The zero-order valence-corrected chi connectivity index (χ0v) is 3.89. The second-order valence-electron chi connectivity index (χ2n) is 0.911. The lowest BCUT2D eigenvalue weighted by Crippen LogP contribution is -1.40. The van der Waals surface area contributed by atoms with E-state index in [4.69, 9.17) is 6.92 Å². The molecule has 0 bridgehead atoms. The summed E-state index contributed by atoms with van der Waals surface area (Å²) < 4.78 is 0. The topological polar surface area (TPSA) is 0 Å². The molecule has 6 heavy (non-hydrogen) atoms. The molecule has 0 aromatic rings. The van der Waals surface area contributed by atoms with Crippen LogP contribution in [-0.4, -0.2) is 0 Å². The van der Waals surface area contributed by atoms with Crippen LogP contribution in [0.4, 0.5) is 0 Å². The van der Waals surface area contributed by atoms with Crippen LogP contribution in [0.1, 0.15) is 6.92 Å². The van der Waals surface area contributed by atoms with Crippen molar-refractivity contribution in [3.8, 4) is 0 Å². The highest BCUT2D eigenvalue weighted by Gasteiger charge is 1.49. The van der Waals surface area contributed by atoms with E-state index in [1.54, 1.807) is 6.08 Å². The Labute approximate surface area is 39.2 Å². The number of hydrogen-bond donors (Lipinski definition) is 0. The molecule has 32 valence electrons. The Morgan fingerprint density at radius 1 is 1.33 bits per heavy atom. The normalized spacial score (nSPS) is 11.7. The summed E-state index contributed by atoms with van der Waals surface area (Å²) in [4.78, 5) is 0. The number of allylic oxidation sites excluding steroid dienone is 4. The lowest BCUT2D eigenvalue weighted by atomic mass is 10.5. The van der Waals surface area contributed by atoms with Crippen molar-refractivity contribution in [3.05, 3.63) is 31.2 Å². The summed E-state index contributed by atoms with van der Waals surface area (Å²) in [6.07, 6.45) is 7.07. The summed E-state index contributed by atoms with van der Waals surface area (Å²) in [6.45, 7) is 6.93. The molecule has 0 heterocycles. The van der Waals surface area contributed by atoms with Crippen molar-refractivity contribution < 1.29 is 0 Å². The van der Waals surface area contributed by atoms with Gasteiger partial charge in [0.2, 0.25) is 0 Å². The number of hydrogen-bond acceptors (Lipinski definition) is 0. The largest absolute Gasteiger partial charge is 0.0877 e. The molecule has 0 saturated heterocycles. The van der Waals surface area contributed by atoms with E-state index in [1.807, 2.05) is 19.1 Å². The fourth-order valence-corrected chi connectivity index (χ4v) is 0.175. The van der Waals surface area contributed by atoms with E-state index >= 15 is 0 Å². The van der Waals surface area contributed by atoms with Crippen LogP contribution in [0.3, 0.4) is 0 Å². The molecular formula is C6H8. The first-order valence-electron chi connectivity index (χ1n) is 1.91. The van der Waals surface area contributed by atoms with E-state index in [1.165, 1.54) is 6.08 Å². The molecule has 0 amide bonds. The molecule has 0 heteroatoms. The van der Waals surface area contributed by atoms with Crippen molar-refractivity contribution in [3.63, 3.8) is 0 Å². The molecule has 0 saturated carbocycles. The Hall–Kier alpha value is -0.520. The van der Waals surface area contributed by atoms with Crippen LogP contribution in [0.2, 0.25) is 0 Å². The van der Waals surface area contributed by atoms with Gasteiger partial charge in [-0.3, -0.25) is 0 Å². The minimum absolute atomic E-state index is 1.50. The maximum absolute atomic E-state index is 4.98. The van der Waals surface area contributed by atoms with Gasteiger partial charge < -0.3 is 0 Å². The van der Waals surface area contributed by atoms with Crippen LogP contribution in [0.25, 0.3) is 0 Å². The van der Waals surface area contributed by atoms with Crippen LogP contribution in [0, 0.1) is 6.92 Å². The second kappa shape index (κ2) is 4.48. The van der Waals surface area contributed by atoms with E-state index < -0.39 is 0 Å². The molecule has 0 atom stereocenters. The summed E-state index contributed by atoms with van der Waals surface area (Å²) in [5, 5.41) is 0. The van der Waals surface area contributed by atoms with Crippen LogP contribution in [0.5, 0.6) is 0 Å². The highest BCUT2D eigenvalue weighted by atomic mass is 13.6. The third-order valence-corrected chi connectivity index (χ3v) is 0.415. The average molecular weight is 80.1 g/mol. The highest BCUT2D eigenvalue weighted by molar-refractivity contribution is 5.01. The molecule has 0 aliphatic heterocycles. The van der Waals surface area contributed by atoms with E-state index in [9.17, 15) is 0 Å². The van der Waals surface area contributed by atoms with Crippen LogP contribution < -0.4 is 0 Å². The molecule has 0 unspecified atom stereocenters. The maximum atomic E-state index is 4.98. The molecule has 0 aromatic carbocycles. The van der Waals surface area contributed by atoms with Gasteiger partial charge in [-0.05, 0) is 13.8 Å². The van der Waals surface area contributed by atoms with Gasteiger partial charge in [-0.2, -0.15) is 0 Å². The summed E-state index contributed by atoms with van der Waals surface area (Å²) in [5.74, 6) is 0. The molecule has 0 aliphatic carbocycles. The molecule has 0 aromatic heterocycles. The molecule has 0 spiro atoms. The predicted molar refractivity (Wildman–Crippen MR) is 28.3 cm³/mol. The fraction of sp³-hybridized carbons (Fsp3) is 0.167. The zero-order valence-electron chi connectivity index (χ0n) is 3.89. The summed E-state index contributed by atoms with van der Waals surface area (Å²) >= 11 is 0. The molecule has 0 nitrogen and oxygen atoms in total. The second-order valence-corrected chi connectivity index (χ2v) is 0.911. The monoisotopic (exact) mass is 80.1 g/mol. The van der Waals surface area contributed by atoms with Gasteiger partial charge in [0, 0.05) is 0 Å². The van der Waals surface area contributed by atoms with Gasteiger partial charge in [0.25, 0.3) is 0 Å². The van der Waals surface area contributed by atoms with Gasteiger partial charge in [-0.15, -0.1) is 0 Å². The van der Waals surface area contributed by atoms with Crippen molar-refractivity contribution in [1.82, 2.24) is 0 Å². The Kier molecular flexibility index (Phi) is 4.09. The van der Waals surface area contributed by atoms with Crippen LogP contribution >= 0.6 is 0 Å². The van der Waals surface area contributed by atoms with E-state index in [2.05, 4.69) is 0 Å². The number of rotatable bonds is 1. The van der Waals surface area contributed by atoms with Gasteiger partial charge >= 0.3 is 0 Å². The molecule has 0 rings (SSSR count). The maximum Gasteiger partial charge on any atom is -0.00925 e. The minimum atomic E-state index is 1.50. The molecule has 0 N–H and O–H groups in total. The fourth-order valence-electron chi connectivity index (χ4n) is 0.175. The molecule has 2 radical (unpaired) electrons. The van der Waals surface area contributed by atoms with Gasteiger partial charge in [0.1, 0.15) is 0 Å². The molecule has 0 aliphatic rings.